The lowest BCUT2D eigenvalue weighted by atomic mass is 10.1. The number of benzene rings is 2. The highest BCUT2D eigenvalue weighted by Gasteiger charge is 2.37. The van der Waals surface area contributed by atoms with Crippen LogP contribution in [0.2, 0.25) is 0 Å². The zero-order valence-corrected chi connectivity index (χ0v) is 15.9. The van der Waals surface area contributed by atoms with E-state index >= 15 is 0 Å². The van der Waals surface area contributed by atoms with Gasteiger partial charge >= 0.3 is 0 Å². The Balaban J connectivity index is 1.63. The average molecular weight is 366 g/mol. The minimum Gasteiger partial charge on any atom is -0.496 e. The zero-order chi connectivity index (χ0) is 19.2. The van der Waals surface area contributed by atoms with Gasteiger partial charge in [-0.1, -0.05) is 48.5 Å². The third-order valence-electron chi connectivity index (χ3n) is 5.09. The van der Waals surface area contributed by atoms with E-state index in [4.69, 9.17) is 4.74 Å². The van der Waals surface area contributed by atoms with E-state index in [0.717, 1.165) is 16.9 Å². The van der Waals surface area contributed by atoms with Crippen molar-refractivity contribution in [2.24, 2.45) is 0 Å². The van der Waals surface area contributed by atoms with Gasteiger partial charge in [0.25, 0.3) is 0 Å². The molecule has 0 aromatic heterocycles. The molecule has 1 heterocycles. The van der Waals surface area contributed by atoms with E-state index in [2.05, 4.69) is 0 Å². The van der Waals surface area contributed by atoms with Crippen molar-refractivity contribution in [2.75, 3.05) is 20.7 Å². The van der Waals surface area contributed by atoms with Gasteiger partial charge in [0.15, 0.2) is 0 Å². The SMILES string of the molecule is COc1ccccc1CCN(C)C(=O)C1CCC(=O)N1Cc1ccccc1. The van der Waals surface area contributed by atoms with E-state index in [9.17, 15) is 9.59 Å². The lowest BCUT2D eigenvalue weighted by Crippen LogP contribution is -2.45. The Labute approximate surface area is 160 Å². The van der Waals surface area contributed by atoms with Crippen molar-refractivity contribution in [3.05, 3.63) is 65.7 Å². The molecule has 142 valence electrons. The average Bonchev–Trinajstić information content (AvgIpc) is 3.06. The summed E-state index contributed by atoms with van der Waals surface area (Å²) < 4.78 is 5.38. The quantitative estimate of drug-likeness (QED) is 0.757. The smallest absolute Gasteiger partial charge is 0.245 e. The first-order chi connectivity index (χ1) is 13.1. The van der Waals surface area contributed by atoms with E-state index < -0.39 is 0 Å². The lowest BCUT2D eigenvalue weighted by Gasteiger charge is -2.28. The molecule has 1 atom stereocenters. The van der Waals surface area contributed by atoms with Gasteiger partial charge in [0.1, 0.15) is 11.8 Å². The molecular formula is C22H26N2O3. The molecule has 0 spiro atoms. The summed E-state index contributed by atoms with van der Waals surface area (Å²) in [5, 5.41) is 0. The number of methoxy groups -OCH3 is 1. The van der Waals surface area contributed by atoms with Crippen LogP contribution in [0.4, 0.5) is 0 Å². The fourth-order valence-electron chi connectivity index (χ4n) is 3.53. The van der Waals surface area contributed by atoms with E-state index in [-0.39, 0.29) is 17.9 Å². The number of hydrogen-bond acceptors (Lipinski definition) is 3. The number of carbonyl (C=O) groups excluding carboxylic acids is 2. The van der Waals surface area contributed by atoms with Crippen LogP contribution in [0.5, 0.6) is 5.75 Å². The second kappa shape index (κ2) is 8.71. The van der Waals surface area contributed by atoms with Gasteiger partial charge < -0.3 is 14.5 Å². The van der Waals surface area contributed by atoms with Crippen LogP contribution in [0.15, 0.2) is 54.6 Å². The molecule has 1 aliphatic heterocycles. The number of nitrogens with zero attached hydrogens (tertiary/aromatic N) is 2. The van der Waals surface area contributed by atoms with E-state index in [1.165, 1.54) is 0 Å². The van der Waals surface area contributed by atoms with Gasteiger partial charge in [-0.3, -0.25) is 9.59 Å². The monoisotopic (exact) mass is 366 g/mol. The second-order valence-electron chi connectivity index (χ2n) is 6.88. The maximum Gasteiger partial charge on any atom is 0.245 e. The Morgan fingerprint density at radius 1 is 1.15 bits per heavy atom. The number of carbonyl (C=O) groups is 2. The van der Waals surface area contributed by atoms with Crippen LogP contribution in [-0.2, 0) is 22.6 Å². The Hall–Kier alpha value is -2.82. The van der Waals surface area contributed by atoms with Crippen LogP contribution in [0, 0.1) is 0 Å². The molecule has 0 saturated carbocycles. The Morgan fingerprint density at radius 2 is 1.85 bits per heavy atom. The normalized spacial score (nSPS) is 16.4. The molecule has 5 heteroatoms. The van der Waals surface area contributed by atoms with Crippen molar-refractivity contribution in [2.45, 2.75) is 31.8 Å². The predicted octanol–water partition coefficient (Wildman–Crippen LogP) is 2.89. The fraction of sp³-hybridized carbons (Fsp3) is 0.364. The summed E-state index contributed by atoms with van der Waals surface area (Å²) in [4.78, 5) is 28.7. The van der Waals surface area contributed by atoms with Crippen molar-refractivity contribution in [1.29, 1.82) is 0 Å². The summed E-state index contributed by atoms with van der Waals surface area (Å²) in [5.41, 5.74) is 2.12. The highest BCUT2D eigenvalue weighted by molar-refractivity contribution is 5.90. The van der Waals surface area contributed by atoms with Crippen LogP contribution in [0.3, 0.4) is 0 Å². The number of amides is 2. The number of rotatable bonds is 7. The molecule has 1 unspecified atom stereocenters. The molecular weight excluding hydrogens is 340 g/mol. The van der Waals surface area contributed by atoms with Gasteiger partial charge in [0.05, 0.1) is 7.11 Å². The van der Waals surface area contributed by atoms with E-state index in [0.29, 0.717) is 32.4 Å². The molecule has 27 heavy (non-hydrogen) atoms. The second-order valence-corrected chi connectivity index (χ2v) is 6.88. The summed E-state index contributed by atoms with van der Waals surface area (Å²) in [6, 6.07) is 17.3. The minimum absolute atomic E-state index is 0.00618. The summed E-state index contributed by atoms with van der Waals surface area (Å²) in [6.45, 7) is 1.07. The van der Waals surface area contributed by atoms with Crippen LogP contribution in [-0.4, -0.2) is 48.4 Å². The van der Waals surface area contributed by atoms with Gasteiger partial charge in [-0.15, -0.1) is 0 Å². The number of para-hydroxylation sites is 1. The molecule has 2 amide bonds. The molecule has 2 aromatic carbocycles. The van der Waals surface area contributed by atoms with Gasteiger partial charge in [0, 0.05) is 26.6 Å². The highest BCUT2D eigenvalue weighted by atomic mass is 16.5. The minimum atomic E-state index is -0.375. The topological polar surface area (TPSA) is 49.9 Å². The maximum atomic E-state index is 13.0. The van der Waals surface area contributed by atoms with Gasteiger partial charge in [-0.25, -0.2) is 0 Å². The molecule has 0 bridgehead atoms. The third kappa shape index (κ3) is 4.48. The molecule has 0 aliphatic carbocycles. The van der Waals surface area contributed by atoms with Crippen LogP contribution >= 0.6 is 0 Å². The number of ether oxygens (including phenoxy) is 1. The van der Waals surface area contributed by atoms with Crippen molar-refractivity contribution in [3.63, 3.8) is 0 Å². The molecule has 5 nitrogen and oxygen atoms in total. The predicted molar refractivity (Wildman–Crippen MR) is 104 cm³/mol. The molecule has 0 N–H and O–H groups in total. The van der Waals surface area contributed by atoms with E-state index in [1.807, 2.05) is 54.6 Å². The molecule has 1 aliphatic rings. The molecule has 1 fully saturated rings. The lowest BCUT2D eigenvalue weighted by molar-refractivity contribution is -0.140. The molecule has 1 saturated heterocycles. The van der Waals surface area contributed by atoms with Gasteiger partial charge in [-0.05, 0) is 30.0 Å². The maximum absolute atomic E-state index is 13.0. The summed E-state index contributed by atoms with van der Waals surface area (Å²) in [5.74, 6) is 0.891. The molecule has 2 aromatic rings. The number of likely N-dealkylation sites (tertiary alicyclic amines) is 1. The van der Waals surface area contributed by atoms with Crippen molar-refractivity contribution < 1.29 is 14.3 Å². The fourth-order valence-corrected chi connectivity index (χ4v) is 3.53. The van der Waals surface area contributed by atoms with Gasteiger partial charge in [-0.2, -0.15) is 0 Å². The Kier molecular flexibility index (Phi) is 6.12. The molecule has 3 rings (SSSR count). The Bertz CT molecular complexity index is 791. The first-order valence-electron chi connectivity index (χ1n) is 9.30. The first-order valence-corrected chi connectivity index (χ1v) is 9.30. The van der Waals surface area contributed by atoms with Crippen molar-refractivity contribution in [1.82, 2.24) is 9.80 Å². The van der Waals surface area contributed by atoms with Crippen molar-refractivity contribution >= 4 is 11.8 Å². The zero-order valence-electron chi connectivity index (χ0n) is 15.9. The standard InChI is InChI=1S/C22H26N2O3/c1-23(15-14-18-10-6-7-11-20(18)27-2)22(26)19-12-13-21(25)24(19)16-17-8-4-3-5-9-17/h3-11,19H,12-16H2,1-2H3. The summed E-state index contributed by atoms with van der Waals surface area (Å²) in [7, 11) is 3.46. The van der Waals surface area contributed by atoms with Gasteiger partial charge in [0.2, 0.25) is 11.8 Å². The summed E-state index contributed by atoms with van der Waals surface area (Å²) >= 11 is 0. The first kappa shape index (κ1) is 19.0. The number of likely N-dealkylation sites (N-methyl/N-ethyl adjacent to an activating group) is 1. The largest absolute Gasteiger partial charge is 0.496 e. The number of hydrogen-bond donors (Lipinski definition) is 0. The van der Waals surface area contributed by atoms with Crippen LogP contribution in [0.25, 0.3) is 0 Å². The van der Waals surface area contributed by atoms with Crippen LogP contribution < -0.4 is 4.74 Å². The summed E-state index contributed by atoms with van der Waals surface area (Å²) in [6.07, 6.45) is 1.73. The van der Waals surface area contributed by atoms with E-state index in [1.54, 1.807) is 24.0 Å². The molecule has 0 radical (unpaired) electrons. The van der Waals surface area contributed by atoms with Crippen LogP contribution in [0.1, 0.15) is 24.0 Å². The van der Waals surface area contributed by atoms with Crippen molar-refractivity contribution in [3.8, 4) is 5.75 Å². The third-order valence-corrected chi connectivity index (χ3v) is 5.09. The Morgan fingerprint density at radius 3 is 2.59 bits per heavy atom. The highest BCUT2D eigenvalue weighted by Crippen LogP contribution is 2.24.